The van der Waals surface area contributed by atoms with Gasteiger partial charge in [0.15, 0.2) is 0 Å². The van der Waals surface area contributed by atoms with E-state index in [1.807, 2.05) is 5.43 Å². The zero-order chi connectivity index (χ0) is 20.0. The van der Waals surface area contributed by atoms with Crippen molar-refractivity contribution in [2.75, 3.05) is 12.0 Å². The summed E-state index contributed by atoms with van der Waals surface area (Å²) in [6, 6.07) is 2.69. The summed E-state index contributed by atoms with van der Waals surface area (Å²) < 4.78 is 5.20. The number of hydrogen-bond donors (Lipinski definition) is 4. The summed E-state index contributed by atoms with van der Waals surface area (Å²) in [6.45, 7) is 0. The number of aliphatic hydroxyl groups excluding tert-OH is 1. The van der Waals surface area contributed by atoms with Gasteiger partial charge in [0.2, 0.25) is 0 Å². The van der Waals surface area contributed by atoms with Crippen LogP contribution in [0.1, 0.15) is 38.5 Å². The van der Waals surface area contributed by atoms with Gasteiger partial charge in [-0.15, -0.1) is 0 Å². The molecule has 1 aliphatic rings. The van der Waals surface area contributed by atoms with Gasteiger partial charge < -0.3 is 15.6 Å². The maximum absolute atomic E-state index is 12.9. The molecule has 0 spiro atoms. The van der Waals surface area contributed by atoms with E-state index in [1.54, 1.807) is 0 Å². The predicted octanol–water partition coefficient (Wildman–Crippen LogP) is 1.92. The topological polar surface area (TPSA) is 131 Å². The highest BCUT2D eigenvalue weighted by atomic mass is 35.5. The molecule has 9 heteroatoms. The van der Waals surface area contributed by atoms with Crippen LogP contribution in [0, 0.1) is 5.92 Å². The van der Waals surface area contributed by atoms with Crippen LogP contribution in [-0.4, -0.2) is 36.3 Å². The Morgan fingerprint density at radius 3 is 2.63 bits per heavy atom. The van der Waals surface area contributed by atoms with Gasteiger partial charge in [-0.2, -0.15) is 0 Å². The van der Waals surface area contributed by atoms with Crippen LogP contribution in [0.15, 0.2) is 18.2 Å². The van der Waals surface area contributed by atoms with E-state index in [4.69, 9.17) is 27.9 Å². The molecule has 0 bridgehead atoms. The molecule has 1 aromatic rings. The van der Waals surface area contributed by atoms with Gasteiger partial charge in [0, 0.05) is 17.1 Å². The van der Waals surface area contributed by atoms with Crippen molar-refractivity contribution in [3.63, 3.8) is 0 Å². The van der Waals surface area contributed by atoms with Crippen molar-refractivity contribution >= 4 is 29.2 Å². The predicted molar refractivity (Wildman–Crippen MR) is 103 cm³/mol. The molecule has 150 valence electrons. The Bertz CT molecular complexity index is 667. The summed E-state index contributed by atoms with van der Waals surface area (Å²) in [5.74, 6) is 4.91. The zero-order valence-corrected chi connectivity index (χ0v) is 16.1. The number of nitrogens with zero attached hydrogens (tertiary/aromatic N) is 1. The Morgan fingerprint density at radius 2 is 2.04 bits per heavy atom. The molecular weight excluding hydrogens is 372 g/mol. The number of rotatable bonds is 6. The van der Waals surface area contributed by atoms with E-state index >= 15 is 0 Å². The van der Waals surface area contributed by atoms with E-state index < -0.39 is 24.1 Å². The first kappa shape index (κ1) is 21.4. The molecule has 8 nitrogen and oxygen atoms in total. The maximum Gasteiger partial charge on any atom is 0.343 e. The van der Waals surface area contributed by atoms with Crippen molar-refractivity contribution in [2.45, 2.75) is 50.7 Å². The van der Waals surface area contributed by atoms with Crippen LogP contribution in [0.3, 0.4) is 0 Å². The number of imide groups is 1. The Morgan fingerprint density at radius 1 is 1.37 bits per heavy atom. The minimum absolute atomic E-state index is 0.110. The molecule has 0 aliphatic heterocycles. The number of urea groups is 1. The largest absolute Gasteiger partial charge is 0.494 e. The summed E-state index contributed by atoms with van der Waals surface area (Å²) in [5, 5.41) is 10.9. The minimum Gasteiger partial charge on any atom is -0.494 e. The first-order valence-corrected chi connectivity index (χ1v) is 9.38. The molecule has 1 unspecified atom stereocenters. The van der Waals surface area contributed by atoms with Crippen LogP contribution in [0.4, 0.5) is 10.5 Å². The van der Waals surface area contributed by atoms with Crippen molar-refractivity contribution in [2.24, 2.45) is 17.5 Å². The van der Waals surface area contributed by atoms with Crippen LogP contribution < -0.4 is 26.6 Å². The highest BCUT2D eigenvalue weighted by molar-refractivity contribution is 6.31. The van der Waals surface area contributed by atoms with Gasteiger partial charge >= 0.3 is 6.03 Å². The standard InChI is InChI=1S/C18H27ClN4O4/c1-27-15-10-12(19)7-8-14(15)23(18(26)22-21)17(25)16(24)13(20)9-11-5-3-2-4-6-11/h7-8,10-11,13,16,24H,2-6,9,20-21H2,1H3,(H,22,26)/t13-,16?/m1/s1. The molecule has 1 fully saturated rings. The van der Waals surface area contributed by atoms with Gasteiger partial charge in [0.05, 0.1) is 12.8 Å². The Kier molecular flexibility index (Phi) is 7.85. The molecule has 6 N–H and O–H groups in total. The number of carbonyl (C=O) groups excluding carboxylic acids is 2. The fraction of sp³-hybridized carbons (Fsp3) is 0.556. The second-order valence-electron chi connectivity index (χ2n) is 6.79. The first-order chi connectivity index (χ1) is 12.9. The molecule has 1 aromatic carbocycles. The second kappa shape index (κ2) is 9.89. The van der Waals surface area contributed by atoms with Gasteiger partial charge in [-0.05, 0) is 24.5 Å². The van der Waals surface area contributed by atoms with Gasteiger partial charge in [0.1, 0.15) is 11.9 Å². The summed E-state index contributed by atoms with van der Waals surface area (Å²) >= 11 is 5.94. The number of nitrogens with one attached hydrogen (secondary N) is 1. The average molecular weight is 399 g/mol. The second-order valence-corrected chi connectivity index (χ2v) is 7.22. The van der Waals surface area contributed by atoms with E-state index in [2.05, 4.69) is 0 Å². The Balaban J connectivity index is 2.22. The number of nitrogens with two attached hydrogens (primary N) is 2. The third kappa shape index (κ3) is 5.32. The number of ether oxygens (including phenoxy) is 1. The number of carbonyl (C=O) groups is 2. The number of methoxy groups -OCH3 is 1. The fourth-order valence-electron chi connectivity index (χ4n) is 3.48. The Hall–Kier alpha value is -1.87. The Labute approximate surface area is 163 Å². The van der Waals surface area contributed by atoms with E-state index in [-0.39, 0.29) is 11.4 Å². The summed E-state index contributed by atoms with van der Waals surface area (Å²) in [6.07, 6.45) is 4.50. The number of halogens is 1. The number of benzene rings is 1. The third-order valence-corrected chi connectivity index (χ3v) is 5.15. The molecule has 0 aromatic heterocycles. The minimum atomic E-state index is -1.55. The monoisotopic (exact) mass is 398 g/mol. The summed E-state index contributed by atoms with van der Waals surface area (Å²) in [4.78, 5) is 25.8. The number of aliphatic hydroxyl groups is 1. The van der Waals surface area contributed by atoms with E-state index in [0.29, 0.717) is 17.4 Å². The number of hydrazine groups is 1. The van der Waals surface area contributed by atoms with Gasteiger partial charge in [-0.3, -0.25) is 10.2 Å². The van der Waals surface area contributed by atoms with Crippen LogP contribution >= 0.6 is 11.6 Å². The molecule has 1 aliphatic carbocycles. The van der Waals surface area contributed by atoms with Gasteiger partial charge in [-0.25, -0.2) is 15.5 Å². The van der Waals surface area contributed by atoms with Gasteiger partial charge in [-0.1, -0.05) is 43.7 Å². The summed E-state index contributed by atoms with van der Waals surface area (Å²) in [7, 11) is 1.38. The normalized spacial score (nSPS) is 17.1. The number of anilines is 1. The van der Waals surface area contributed by atoms with Crippen molar-refractivity contribution in [3.05, 3.63) is 23.2 Å². The lowest BCUT2D eigenvalue weighted by molar-refractivity contribution is -0.127. The van der Waals surface area contributed by atoms with Crippen molar-refractivity contribution in [1.29, 1.82) is 0 Å². The lowest BCUT2D eigenvalue weighted by Gasteiger charge is -2.29. The van der Waals surface area contributed by atoms with Crippen molar-refractivity contribution < 1.29 is 19.4 Å². The quantitative estimate of drug-likeness (QED) is 0.329. The fourth-order valence-corrected chi connectivity index (χ4v) is 3.64. The van der Waals surface area contributed by atoms with Crippen LogP contribution in [0.5, 0.6) is 5.75 Å². The zero-order valence-electron chi connectivity index (χ0n) is 15.4. The highest BCUT2D eigenvalue weighted by Gasteiger charge is 2.35. The highest BCUT2D eigenvalue weighted by Crippen LogP contribution is 2.32. The van der Waals surface area contributed by atoms with E-state index in [0.717, 1.165) is 30.6 Å². The smallest absolute Gasteiger partial charge is 0.343 e. The van der Waals surface area contributed by atoms with Crippen LogP contribution in [0.2, 0.25) is 5.02 Å². The van der Waals surface area contributed by atoms with E-state index in [9.17, 15) is 14.7 Å². The molecule has 2 rings (SSSR count). The SMILES string of the molecule is COc1cc(Cl)ccc1N(C(=O)NN)C(=O)C(O)[C@H](N)CC1CCCCC1. The lowest BCUT2D eigenvalue weighted by atomic mass is 9.84. The first-order valence-electron chi connectivity index (χ1n) is 9.00. The molecular formula is C18H27ClN4O4. The van der Waals surface area contributed by atoms with Crippen LogP contribution in [0.25, 0.3) is 0 Å². The molecule has 0 radical (unpaired) electrons. The molecule has 2 atom stereocenters. The van der Waals surface area contributed by atoms with Crippen molar-refractivity contribution in [3.8, 4) is 5.75 Å². The number of amides is 3. The van der Waals surface area contributed by atoms with Gasteiger partial charge in [0.25, 0.3) is 5.91 Å². The average Bonchev–Trinajstić information content (AvgIpc) is 2.68. The molecule has 1 saturated carbocycles. The molecule has 0 heterocycles. The molecule has 0 saturated heterocycles. The summed E-state index contributed by atoms with van der Waals surface area (Å²) in [5.41, 5.74) is 8.11. The lowest BCUT2D eigenvalue weighted by Crippen LogP contribution is -2.54. The van der Waals surface area contributed by atoms with E-state index in [1.165, 1.54) is 31.7 Å². The van der Waals surface area contributed by atoms with Crippen LogP contribution in [-0.2, 0) is 4.79 Å². The molecule has 3 amide bonds. The maximum atomic E-state index is 12.9. The third-order valence-electron chi connectivity index (χ3n) is 4.92. The molecule has 27 heavy (non-hydrogen) atoms. The number of hydrogen-bond acceptors (Lipinski definition) is 6. The van der Waals surface area contributed by atoms with Crippen molar-refractivity contribution in [1.82, 2.24) is 5.43 Å².